The molecule has 102 valence electrons. The zero-order valence-electron chi connectivity index (χ0n) is 11.3. The second-order valence-corrected chi connectivity index (χ2v) is 5.23. The first-order valence-corrected chi connectivity index (χ1v) is 6.95. The minimum absolute atomic E-state index is 0.0474. The van der Waals surface area contributed by atoms with Gasteiger partial charge in [0.15, 0.2) is 0 Å². The number of nitrogens with one attached hydrogen (secondary N) is 1. The quantitative estimate of drug-likeness (QED) is 0.712. The summed E-state index contributed by atoms with van der Waals surface area (Å²) in [5, 5.41) is 3.25. The molecule has 2 atom stereocenters. The summed E-state index contributed by atoms with van der Waals surface area (Å²) in [4.78, 5) is 27.3. The van der Waals surface area contributed by atoms with Gasteiger partial charge in [0.25, 0.3) is 0 Å². The second-order valence-electron chi connectivity index (χ2n) is 5.23. The molecule has 2 aliphatic heterocycles. The van der Waals surface area contributed by atoms with Crippen LogP contribution in [0.4, 0.5) is 0 Å². The molecule has 0 aliphatic carbocycles. The van der Waals surface area contributed by atoms with Crippen LogP contribution in [0.15, 0.2) is 0 Å². The smallest absolute Gasteiger partial charge is 0.246 e. The Hall–Kier alpha value is -0.940. The predicted octanol–water partition coefficient (Wildman–Crippen LogP) is 0.208. The molecule has 2 heterocycles. The van der Waals surface area contributed by atoms with Crippen molar-refractivity contribution in [3.8, 4) is 0 Å². The fraction of sp³-hybridized carbons (Fsp3) is 0.846. The average molecular weight is 253 g/mol. The van der Waals surface area contributed by atoms with Gasteiger partial charge in [-0.3, -0.25) is 19.4 Å². The summed E-state index contributed by atoms with van der Waals surface area (Å²) in [7, 11) is 0. The lowest BCUT2D eigenvalue weighted by Crippen LogP contribution is -2.45. The standard InChI is InChI=1S/C13H23N3O2/c1-3-16-12(17)8-11(13(16)18)14-9-10(2)15-6-4-5-7-15/h10-11,14H,3-9H2,1-2H3. The monoisotopic (exact) mass is 253 g/mol. The molecule has 0 radical (unpaired) electrons. The number of nitrogens with zero attached hydrogens (tertiary/aromatic N) is 2. The lowest BCUT2D eigenvalue weighted by Gasteiger charge is -2.25. The lowest BCUT2D eigenvalue weighted by atomic mass is 10.2. The Morgan fingerprint density at radius 3 is 2.56 bits per heavy atom. The van der Waals surface area contributed by atoms with E-state index in [0.717, 1.165) is 19.6 Å². The van der Waals surface area contributed by atoms with Crippen LogP contribution in [0.5, 0.6) is 0 Å². The van der Waals surface area contributed by atoms with E-state index in [-0.39, 0.29) is 17.9 Å². The number of hydrogen-bond acceptors (Lipinski definition) is 4. The van der Waals surface area contributed by atoms with Crippen molar-refractivity contribution in [1.29, 1.82) is 0 Å². The van der Waals surface area contributed by atoms with Gasteiger partial charge in [0.05, 0.1) is 12.5 Å². The van der Waals surface area contributed by atoms with Gasteiger partial charge in [-0.2, -0.15) is 0 Å². The Morgan fingerprint density at radius 1 is 1.33 bits per heavy atom. The number of amides is 2. The zero-order chi connectivity index (χ0) is 13.1. The molecule has 0 bridgehead atoms. The predicted molar refractivity (Wildman–Crippen MR) is 69.1 cm³/mol. The van der Waals surface area contributed by atoms with Gasteiger partial charge in [0.2, 0.25) is 11.8 Å². The normalized spacial score (nSPS) is 27.2. The summed E-state index contributed by atoms with van der Waals surface area (Å²) in [5.74, 6) is -0.107. The Bertz CT molecular complexity index is 326. The fourth-order valence-corrected chi connectivity index (χ4v) is 2.80. The zero-order valence-corrected chi connectivity index (χ0v) is 11.3. The maximum Gasteiger partial charge on any atom is 0.246 e. The maximum absolute atomic E-state index is 11.9. The van der Waals surface area contributed by atoms with E-state index in [0.29, 0.717) is 19.0 Å². The summed E-state index contributed by atoms with van der Waals surface area (Å²) >= 11 is 0. The highest BCUT2D eigenvalue weighted by atomic mass is 16.2. The SMILES string of the molecule is CCN1C(=O)CC(NCC(C)N2CCCC2)C1=O. The van der Waals surface area contributed by atoms with Gasteiger partial charge in [0, 0.05) is 19.1 Å². The molecule has 2 saturated heterocycles. The maximum atomic E-state index is 11.9. The molecule has 2 rings (SSSR count). The van der Waals surface area contributed by atoms with Crippen molar-refractivity contribution in [3.05, 3.63) is 0 Å². The molecule has 0 aromatic carbocycles. The van der Waals surface area contributed by atoms with Crippen LogP contribution in [0.25, 0.3) is 0 Å². The molecular weight excluding hydrogens is 230 g/mol. The number of rotatable bonds is 5. The van der Waals surface area contributed by atoms with Gasteiger partial charge in [-0.05, 0) is 39.8 Å². The van der Waals surface area contributed by atoms with Crippen LogP contribution in [-0.4, -0.2) is 59.9 Å². The van der Waals surface area contributed by atoms with Crippen molar-refractivity contribution in [2.75, 3.05) is 26.2 Å². The summed E-state index contributed by atoms with van der Waals surface area (Å²) in [6, 6.07) is 0.133. The Kier molecular flexibility index (Phi) is 4.35. The van der Waals surface area contributed by atoms with E-state index in [4.69, 9.17) is 0 Å². The number of hydrogen-bond donors (Lipinski definition) is 1. The van der Waals surface area contributed by atoms with Crippen molar-refractivity contribution in [3.63, 3.8) is 0 Å². The summed E-state index contributed by atoms with van der Waals surface area (Å²) in [5.41, 5.74) is 0. The number of carbonyl (C=O) groups excluding carboxylic acids is 2. The van der Waals surface area contributed by atoms with E-state index in [1.807, 2.05) is 6.92 Å². The minimum Gasteiger partial charge on any atom is -0.304 e. The van der Waals surface area contributed by atoms with Crippen molar-refractivity contribution in [1.82, 2.24) is 15.1 Å². The van der Waals surface area contributed by atoms with Crippen LogP contribution in [0, 0.1) is 0 Å². The van der Waals surface area contributed by atoms with Gasteiger partial charge >= 0.3 is 0 Å². The van der Waals surface area contributed by atoms with Crippen molar-refractivity contribution < 1.29 is 9.59 Å². The van der Waals surface area contributed by atoms with Crippen LogP contribution >= 0.6 is 0 Å². The van der Waals surface area contributed by atoms with Crippen molar-refractivity contribution >= 4 is 11.8 Å². The molecular formula is C13H23N3O2. The van der Waals surface area contributed by atoms with Crippen LogP contribution < -0.4 is 5.32 Å². The number of likely N-dealkylation sites (tertiary alicyclic amines) is 2. The van der Waals surface area contributed by atoms with Gasteiger partial charge in [-0.1, -0.05) is 0 Å². The van der Waals surface area contributed by atoms with Gasteiger partial charge in [-0.25, -0.2) is 0 Å². The molecule has 18 heavy (non-hydrogen) atoms. The van der Waals surface area contributed by atoms with E-state index < -0.39 is 0 Å². The highest BCUT2D eigenvalue weighted by Crippen LogP contribution is 2.14. The summed E-state index contributed by atoms with van der Waals surface area (Å²) < 4.78 is 0. The molecule has 0 aromatic heterocycles. The third kappa shape index (κ3) is 2.72. The van der Waals surface area contributed by atoms with Gasteiger partial charge in [-0.15, -0.1) is 0 Å². The first kappa shape index (κ1) is 13.5. The Morgan fingerprint density at radius 2 is 2.00 bits per heavy atom. The third-order valence-electron chi connectivity index (χ3n) is 3.98. The lowest BCUT2D eigenvalue weighted by molar-refractivity contribution is -0.138. The van der Waals surface area contributed by atoms with E-state index >= 15 is 0 Å². The van der Waals surface area contributed by atoms with E-state index in [9.17, 15) is 9.59 Å². The third-order valence-corrected chi connectivity index (χ3v) is 3.98. The number of likely N-dealkylation sites (N-methyl/N-ethyl adjacent to an activating group) is 1. The van der Waals surface area contributed by atoms with Gasteiger partial charge in [0.1, 0.15) is 0 Å². The van der Waals surface area contributed by atoms with Crippen LogP contribution in [-0.2, 0) is 9.59 Å². The van der Waals surface area contributed by atoms with Gasteiger partial charge < -0.3 is 5.32 Å². The van der Waals surface area contributed by atoms with Crippen LogP contribution in [0.1, 0.15) is 33.1 Å². The molecule has 2 amide bonds. The molecule has 5 heteroatoms. The number of carbonyl (C=O) groups is 2. The molecule has 5 nitrogen and oxygen atoms in total. The summed E-state index contributed by atoms with van der Waals surface area (Å²) in [6.45, 7) is 7.59. The molecule has 2 unspecified atom stereocenters. The van der Waals surface area contributed by atoms with E-state index in [2.05, 4.69) is 17.1 Å². The Balaban J connectivity index is 1.80. The fourth-order valence-electron chi connectivity index (χ4n) is 2.80. The van der Waals surface area contributed by atoms with Crippen LogP contribution in [0.3, 0.4) is 0 Å². The highest BCUT2D eigenvalue weighted by Gasteiger charge is 2.37. The molecule has 0 spiro atoms. The second kappa shape index (κ2) is 5.80. The largest absolute Gasteiger partial charge is 0.304 e. The minimum atomic E-state index is -0.303. The van der Waals surface area contributed by atoms with Crippen LogP contribution in [0.2, 0.25) is 0 Å². The topological polar surface area (TPSA) is 52.7 Å². The molecule has 0 saturated carbocycles. The van der Waals surface area contributed by atoms with E-state index in [1.165, 1.54) is 17.7 Å². The molecule has 2 fully saturated rings. The molecule has 2 aliphatic rings. The summed E-state index contributed by atoms with van der Waals surface area (Å²) in [6.07, 6.45) is 2.86. The van der Waals surface area contributed by atoms with Crippen molar-refractivity contribution in [2.45, 2.75) is 45.2 Å². The first-order valence-electron chi connectivity index (χ1n) is 6.95. The molecule has 1 N–H and O–H groups in total. The van der Waals surface area contributed by atoms with Crippen molar-refractivity contribution in [2.24, 2.45) is 0 Å². The molecule has 0 aromatic rings. The first-order chi connectivity index (χ1) is 8.63. The Labute approximate surface area is 108 Å². The average Bonchev–Trinajstić information content (AvgIpc) is 2.95. The highest BCUT2D eigenvalue weighted by molar-refractivity contribution is 6.05. The number of imide groups is 1. The van der Waals surface area contributed by atoms with E-state index in [1.54, 1.807) is 0 Å².